The van der Waals surface area contributed by atoms with E-state index in [0.29, 0.717) is 12.1 Å². The lowest BCUT2D eigenvalue weighted by Gasteiger charge is -2.43. The Morgan fingerprint density at radius 3 is 2.24 bits per heavy atom. The van der Waals surface area contributed by atoms with E-state index in [9.17, 15) is 0 Å². The molecule has 1 aromatic carbocycles. The molecular weight excluding hydrogens is 210 g/mol. The Balaban J connectivity index is 2.22. The Morgan fingerprint density at radius 1 is 1.12 bits per heavy atom. The van der Waals surface area contributed by atoms with Crippen molar-refractivity contribution in [3.05, 3.63) is 23.8 Å². The summed E-state index contributed by atoms with van der Waals surface area (Å²) in [5.41, 5.74) is 9.28. The number of rotatable bonds is 1. The maximum Gasteiger partial charge on any atom is 0.0390 e. The van der Waals surface area contributed by atoms with Crippen LogP contribution < -0.4 is 10.6 Å². The zero-order valence-electron chi connectivity index (χ0n) is 11.3. The summed E-state index contributed by atoms with van der Waals surface area (Å²) in [6, 6.07) is 7.49. The predicted octanol–water partition coefficient (Wildman–Crippen LogP) is 2.11. The molecule has 3 heteroatoms. The number of hydrogen-bond acceptors (Lipinski definition) is 3. The smallest absolute Gasteiger partial charge is 0.0390 e. The highest BCUT2D eigenvalue weighted by Gasteiger charge is 2.26. The Bertz CT molecular complexity index is 370. The van der Waals surface area contributed by atoms with Gasteiger partial charge in [0.25, 0.3) is 0 Å². The number of nitrogen functional groups attached to an aromatic ring is 1. The third kappa shape index (κ3) is 2.55. The molecule has 2 atom stereocenters. The number of anilines is 2. The van der Waals surface area contributed by atoms with Crippen LogP contribution in [-0.4, -0.2) is 37.1 Å². The van der Waals surface area contributed by atoms with Gasteiger partial charge in [0.15, 0.2) is 0 Å². The van der Waals surface area contributed by atoms with Crippen molar-refractivity contribution in [1.29, 1.82) is 0 Å². The van der Waals surface area contributed by atoms with Gasteiger partial charge in [-0.25, -0.2) is 0 Å². The lowest BCUT2D eigenvalue weighted by atomic mass is 10.1. The zero-order valence-corrected chi connectivity index (χ0v) is 11.3. The van der Waals surface area contributed by atoms with Crippen LogP contribution in [0, 0.1) is 6.92 Å². The first-order chi connectivity index (χ1) is 7.97. The third-order valence-electron chi connectivity index (χ3n) is 3.81. The lowest BCUT2D eigenvalue weighted by molar-refractivity contribution is 0.170. The largest absolute Gasteiger partial charge is 0.399 e. The van der Waals surface area contributed by atoms with Gasteiger partial charge in [0.1, 0.15) is 0 Å². The van der Waals surface area contributed by atoms with Gasteiger partial charge >= 0.3 is 0 Å². The van der Waals surface area contributed by atoms with Gasteiger partial charge in [0, 0.05) is 36.5 Å². The fourth-order valence-electron chi connectivity index (χ4n) is 2.59. The summed E-state index contributed by atoms with van der Waals surface area (Å²) in [4.78, 5) is 4.88. The summed E-state index contributed by atoms with van der Waals surface area (Å²) < 4.78 is 0. The van der Waals surface area contributed by atoms with E-state index in [1.165, 1.54) is 11.3 Å². The summed E-state index contributed by atoms with van der Waals surface area (Å²) in [5.74, 6) is 0. The van der Waals surface area contributed by atoms with Gasteiger partial charge < -0.3 is 10.6 Å². The number of likely N-dealkylation sites (N-methyl/N-ethyl adjacent to an activating group) is 1. The number of aryl methyl sites for hydroxylation is 1. The molecule has 0 amide bonds. The third-order valence-corrected chi connectivity index (χ3v) is 3.81. The molecule has 0 radical (unpaired) electrons. The van der Waals surface area contributed by atoms with Crippen molar-refractivity contribution in [2.24, 2.45) is 0 Å². The molecule has 2 unspecified atom stereocenters. The van der Waals surface area contributed by atoms with Crippen LogP contribution in [-0.2, 0) is 0 Å². The summed E-state index contributed by atoms with van der Waals surface area (Å²) in [6.07, 6.45) is 0. The average molecular weight is 233 g/mol. The quantitative estimate of drug-likeness (QED) is 0.754. The summed E-state index contributed by atoms with van der Waals surface area (Å²) in [5, 5.41) is 0. The van der Waals surface area contributed by atoms with E-state index in [1.807, 2.05) is 6.07 Å². The van der Waals surface area contributed by atoms with Crippen LogP contribution >= 0.6 is 0 Å². The molecule has 0 aliphatic carbocycles. The molecule has 2 rings (SSSR count). The lowest BCUT2D eigenvalue weighted by Crippen LogP contribution is -2.55. The molecule has 1 aliphatic heterocycles. The van der Waals surface area contributed by atoms with Gasteiger partial charge in [0.05, 0.1) is 0 Å². The van der Waals surface area contributed by atoms with Crippen LogP contribution in [0.1, 0.15) is 19.4 Å². The van der Waals surface area contributed by atoms with Crippen molar-refractivity contribution in [3.8, 4) is 0 Å². The molecule has 1 aliphatic rings. The maximum absolute atomic E-state index is 5.93. The molecule has 1 fully saturated rings. The molecule has 3 nitrogen and oxygen atoms in total. The van der Waals surface area contributed by atoms with Crippen molar-refractivity contribution in [3.63, 3.8) is 0 Å². The molecule has 0 bridgehead atoms. The van der Waals surface area contributed by atoms with Gasteiger partial charge in [-0.05, 0) is 51.6 Å². The Kier molecular flexibility index (Phi) is 3.29. The van der Waals surface area contributed by atoms with Crippen LogP contribution in [0.25, 0.3) is 0 Å². The first-order valence-electron chi connectivity index (χ1n) is 6.31. The van der Waals surface area contributed by atoms with Crippen molar-refractivity contribution in [1.82, 2.24) is 4.90 Å². The molecule has 0 saturated carbocycles. The molecule has 1 heterocycles. The summed E-state index contributed by atoms with van der Waals surface area (Å²) in [6.45, 7) is 8.81. The van der Waals surface area contributed by atoms with Crippen molar-refractivity contribution in [2.75, 3.05) is 30.8 Å². The van der Waals surface area contributed by atoms with E-state index >= 15 is 0 Å². The maximum atomic E-state index is 5.93. The summed E-state index contributed by atoms with van der Waals surface area (Å²) >= 11 is 0. The molecule has 0 spiro atoms. The van der Waals surface area contributed by atoms with Gasteiger partial charge in [-0.3, -0.25) is 4.90 Å². The van der Waals surface area contributed by atoms with Gasteiger partial charge in [-0.15, -0.1) is 0 Å². The zero-order chi connectivity index (χ0) is 12.6. The van der Waals surface area contributed by atoms with Crippen molar-refractivity contribution < 1.29 is 0 Å². The number of nitrogens with zero attached hydrogens (tertiary/aromatic N) is 2. The minimum Gasteiger partial charge on any atom is -0.399 e. The molecule has 0 aromatic heterocycles. The van der Waals surface area contributed by atoms with Crippen LogP contribution in [0.15, 0.2) is 18.2 Å². The first-order valence-corrected chi connectivity index (χ1v) is 6.31. The van der Waals surface area contributed by atoms with E-state index in [4.69, 9.17) is 5.73 Å². The van der Waals surface area contributed by atoms with E-state index in [0.717, 1.165) is 18.8 Å². The Labute approximate surface area is 104 Å². The second-order valence-electron chi connectivity index (χ2n) is 5.37. The van der Waals surface area contributed by atoms with Crippen molar-refractivity contribution >= 4 is 11.4 Å². The van der Waals surface area contributed by atoms with Gasteiger partial charge in [-0.2, -0.15) is 0 Å². The normalized spacial score (nSPS) is 26.2. The fourth-order valence-corrected chi connectivity index (χ4v) is 2.59. The van der Waals surface area contributed by atoms with Crippen LogP contribution in [0.2, 0.25) is 0 Å². The number of piperazine rings is 1. The van der Waals surface area contributed by atoms with Crippen LogP contribution in [0.3, 0.4) is 0 Å². The van der Waals surface area contributed by atoms with E-state index in [2.05, 4.69) is 49.8 Å². The molecule has 17 heavy (non-hydrogen) atoms. The molecule has 94 valence electrons. The monoisotopic (exact) mass is 233 g/mol. The number of hydrogen-bond donors (Lipinski definition) is 1. The van der Waals surface area contributed by atoms with Crippen molar-refractivity contribution in [2.45, 2.75) is 32.9 Å². The Morgan fingerprint density at radius 2 is 1.71 bits per heavy atom. The molecular formula is C14H23N3. The highest BCUT2D eigenvalue weighted by atomic mass is 15.3. The molecule has 2 N–H and O–H groups in total. The second-order valence-corrected chi connectivity index (χ2v) is 5.37. The second kappa shape index (κ2) is 4.57. The number of benzene rings is 1. The topological polar surface area (TPSA) is 32.5 Å². The molecule has 1 aromatic rings. The number of nitrogens with two attached hydrogens (primary N) is 1. The van der Waals surface area contributed by atoms with E-state index < -0.39 is 0 Å². The average Bonchev–Trinajstić information content (AvgIpc) is 2.23. The SMILES string of the molecule is Cc1cc(N)cc(N2CC(C)N(C)C(C)C2)c1. The minimum absolute atomic E-state index is 0.584. The highest BCUT2D eigenvalue weighted by molar-refractivity contribution is 5.58. The first kappa shape index (κ1) is 12.2. The predicted molar refractivity (Wildman–Crippen MR) is 74.5 cm³/mol. The highest BCUT2D eigenvalue weighted by Crippen LogP contribution is 2.24. The fraction of sp³-hybridized carbons (Fsp3) is 0.571. The minimum atomic E-state index is 0.584. The summed E-state index contributed by atoms with van der Waals surface area (Å²) in [7, 11) is 2.21. The van der Waals surface area contributed by atoms with E-state index in [-0.39, 0.29) is 0 Å². The van der Waals surface area contributed by atoms with Gasteiger partial charge in [-0.1, -0.05) is 0 Å². The van der Waals surface area contributed by atoms with Crippen LogP contribution in [0.4, 0.5) is 11.4 Å². The Hall–Kier alpha value is -1.22. The van der Waals surface area contributed by atoms with Gasteiger partial charge in [0.2, 0.25) is 0 Å². The van der Waals surface area contributed by atoms with Crippen LogP contribution in [0.5, 0.6) is 0 Å². The standard InChI is InChI=1S/C14H23N3/c1-10-5-13(15)7-14(6-10)17-8-11(2)16(4)12(3)9-17/h5-7,11-12H,8-9,15H2,1-4H3. The van der Waals surface area contributed by atoms with E-state index in [1.54, 1.807) is 0 Å². The molecule has 1 saturated heterocycles.